The summed E-state index contributed by atoms with van der Waals surface area (Å²) in [4.78, 5) is 23.2. The quantitative estimate of drug-likeness (QED) is 0.520. The van der Waals surface area contributed by atoms with Gasteiger partial charge in [-0.25, -0.2) is 9.18 Å². The van der Waals surface area contributed by atoms with Crippen molar-refractivity contribution in [2.24, 2.45) is 0 Å². The van der Waals surface area contributed by atoms with Crippen molar-refractivity contribution in [1.29, 1.82) is 0 Å². The summed E-state index contributed by atoms with van der Waals surface area (Å²) >= 11 is 0. The standard InChI is InChI=1S/C21H21FO4/c1-2-3-4-20(21(24)25)26-18-12-5-15(6-13-18)7-14-19(23)16-8-10-17(22)11-9-16/h5-14,20H,2-4H2,1H3,(H,24,25). The van der Waals surface area contributed by atoms with E-state index in [-0.39, 0.29) is 11.6 Å². The molecule has 26 heavy (non-hydrogen) atoms. The van der Waals surface area contributed by atoms with Crippen LogP contribution in [0.25, 0.3) is 6.08 Å². The Labute approximate surface area is 151 Å². The van der Waals surface area contributed by atoms with Gasteiger partial charge in [-0.3, -0.25) is 4.79 Å². The molecule has 2 rings (SSSR count). The molecule has 1 unspecified atom stereocenters. The highest BCUT2D eigenvalue weighted by molar-refractivity contribution is 6.06. The lowest BCUT2D eigenvalue weighted by molar-refractivity contribution is -0.145. The third-order valence-corrected chi connectivity index (χ3v) is 3.81. The Morgan fingerprint density at radius 3 is 2.35 bits per heavy atom. The van der Waals surface area contributed by atoms with E-state index in [9.17, 15) is 19.1 Å². The van der Waals surface area contributed by atoms with E-state index in [0.717, 1.165) is 18.4 Å². The number of ether oxygens (including phenoxy) is 1. The third-order valence-electron chi connectivity index (χ3n) is 3.81. The molecule has 1 N–H and O–H groups in total. The van der Waals surface area contributed by atoms with E-state index in [1.54, 1.807) is 30.3 Å². The number of halogens is 1. The molecule has 0 bridgehead atoms. The van der Waals surface area contributed by atoms with Gasteiger partial charge in [-0.15, -0.1) is 0 Å². The molecule has 0 spiro atoms. The fraction of sp³-hybridized carbons (Fsp3) is 0.238. The minimum atomic E-state index is -0.979. The van der Waals surface area contributed by atoms with Gasteiger partial charge in [0, 0.05) is 5.56 Å². The largest absolute Gasteiger partial charge is 0.479 e. The maximum atomic E-state index is 12.9. The molecule has 0 aliphatic carbocycles. The first-order chi connectivity index (χ1) is 12.5. The highest BCUT2D eigenvalue weighted by Gasteiger charge is 2.18. The lowest BCUT2D eigenvalue weighted by Crippen LogP contribution is -2.26. The Morgan fingerprint density at radius 1 is 1.12 bits per heavy atom. The summed E-state index contributed by atoms with van der Waals surface area (Å²) in [5, 5.41) is 9.19. The number of carbonyl (C=O) groups is 2. The average molecular weight is 356 g/mol. The SMILES string of the molecule is CCCCC(Oc1ccc(C=CC(=O)c2ccc(F)cc2)cc1)C(=O)O. The van der Waals surface area contributed by atoms with Crippen molar-refractivity contribution >= 4 is 17.8 Å². The van der Waals surface area contributed by atoms with Crippen molar-refractivity contribution in [3.63, 3.8) is 0 Å². The molecule has 0 aliphatic rings. The molecule has 136 valence electrons. The smallest absolute Gasteiger partial charge is 0.344 e. The first kappa shape index (κ1) is 19.4. The van der Waals surface area contributed by atoms with Crippen LogP contribution >= 0.6 is 0 Å². The number of allylic oxidation sites excluding steroid dienone is 1. The predicted molar refractivity (Wildman–Crippen MR) is 97.8 cm³/mol. The number of rotatable bonds is 9. The molecule has 0 radical (unpaired) electrons. The van der Waals surface area contributed by atoms with Crippen molar-refractivity contribution < 1.29 is 23.8 Å². The highest BCUT2D eigenvalue weighted by atomic mass is 19.1. The molecule has 0 saturated heterocycles. The summed E-state index contributed by atoms with van der Waals surface area (Å²) in [5.74, 6) is -1.13. The van der Waals surface area contributed by atoms with Gasteiger partial charge in [0.1, 0.15) is 11.6 Å². The Bertz CT molecular complexity index is 764. The van der Waals surface area contributed by atoms with Crippen LogP contribution in [-0.4, -0.2) is 23.0 Å². The zero-order valence-electron chi connectivity index (χ0n) is 14.5. The Kier molecular flexibility index (Phi) is 7.09. The first-order valence-corrected chi connectivity index (χ1v) is 8.47. The van der Waals surface area contributed by atoms with Crippen LogP contribution in [-0.2, 0) is 4.79 Å². The summed E-state index contributed by atoms with van der Waals surface area (Å²) in [6, 6.07) is 12.2. The topological polar surface area (TPSA) is 63.6 Å². The number of carboxylic acid groups (broad SMARTS) is 1. The van der Waals surface area contributed by atoms with Gasteiger partial charge in [-0.05, 0) is 60.9 Å². The second kappa shape index (κ2) is 9.51. The van der Waals surface area contributed by atoms with Crippen molar-refractivity contribution in [3.8, 4) is 5.75 Å². The van der Waals surface area contributed by atoms with E-state index in [4.69, 9.17) is 4.74 Å². The van der Waals surface area contributed by atoms with E-state index in [2.05, 4.69) is 0 Å². The van der Waals surface area contributed by atoms with E-state index in [0.29, 0.717) is 17.7 Å². The van der Waals surface area contributed by atoms with Crippen LogP contribution in [0.3, 0.4) is 0 Å². The van der Waals surface area contributed by atoms with Gasteiger partial charge >= 0.3 is 5.97 Å². The van der Waals surface area contributed by atoms with Crippen LogP contribution in [0.1, 0.15) is 42.1 Å². The zero-order chi connectivity index (χ0) is 18.9. The van der Waals surface area contributed by atoms with Crippen LogP contribution in [0.4, 0.5) is 4.39 Å². The molecule has 5 heteroatoms. The van der Waals surface area contributed by atoms with Gasteiger partial charge in [-0.2, -0.15) is 0 Å². The number of hydrogen-bond donors (Lipinski definition) is 1. The van der Waals surface area contributed by atoms with Gasteiger partial charge in [0.25, 0.3) is 0 Å². The first-order valence-electron chi connectivity index (χ1n) is 8.47. The second-order valence-corrected chi connectivity index (χ2v) is 5.86. The molecule has 1 atom stereocenters. The lowest BCUT2D eigenvalue weighted by atomic mass is 10.1. The fourth-order valence-corrected chi connectivity index (χ4v) is 2.33. The van der Waals surface area contributed by atoms with Crippen LogP contribution in [0.5, 0.6) is 5.75 Å². The van der Waals surface area contributed by atoms with Crippen LogP contribution < -0.4 is 4.74 Å². The molecule has 0 heterocycles. The summed E-state index contributed by atoms with van der Waals surface area (Å²) in [6.45, 7) is 1.99. The molecule has 0 fully saturated rings. The number of aliphatic carboxylic acids is 1. The van der Waals surface area contributed by atoms with Crippen LogP contribution in [0.2, 0.25) is 0 Å². The summed E-state index contributed by atoms with van der Waals surface area (Å²) in [6.07, 6.45) is 4.32. The summed E-state index contributed by atoms with van der Waals surface area (Å²) in [5.41, 5.74) is 1.18. The predicted octanol–water partition coefficient (Wildman–Crippen LogP) is 4.74. The summed E-state index contributed by atoms with van der Waals surface area (Å²) in [7, 11) is 0. The number of ketones is 1. The van der Waals surface area contributed by atoms with E-state index in [1.165, 1.54) is 30.3 Å². The lowest BCUT2D eigenvalue weighted by Gasteiger charge is -2.14. The number of benzene rings is 2. The molecular formula is C21H21FO4. The van der Waals surface area contributed by atoms with Gasteiger partial charge in [0.15, 0.2) is 11.9 Å². The van der Waals surface area contributed by atoms with Gasteiger partial charge in [0.05, 0.1) is 0 Å². The molecule has 0 aromatic heterocycles. The van der Waals surface area contributed by atoms with Gasteiger partial charge < -0.3 is 9.84 Å². The fourth-order valence-electron chi connectivity index (χ4n) is 2.33. The minimum Gasteiger partial charge on any atom is -0.479 e. The Balaban J connectivity index is 1.98. The zero-order valence-corrected chi connectivity index (χ0v) is 14.5. The third kappa shape index (κ3) is 5.84. The van der Waals surface area contributed by atoms with Crippen molar-refractivity contribution in [3.05, 3.63) is 71.6 Å². The monoisotopic (exact) mass is 356 g/mol. The van der Waals surface area contributed by atoms with E-state index in [1.807, 2.05) is 6.92 Å². The van der Waals surface area contributed by atoms with Crippen molar-refractivity contribution in [2.75, 3.05) is 0 Å². The van der Waals surface area contributed by atoms with Crippen LogP contribution in [0.15, 0.2) is 54.6 Å². The van der Waals surface area contributed by atoms with Crippen molar-refractivity contribution in [2.45, 2.75) is 32.3 Å². The average Bonchev–Trinajstić information content (AvgIpc) is 2.64. The Hall–Kier alpha value is -2.95. The van der Waals surface area contributed by atoms with E-state index < -0.39 is 12.1 Å². The molecule has 2 aromatic carbocycles. The molecule has 2 aromatic rings. The number of unbranched alkanes of at least 4 members (excludes halogenated alkanes) is 1. The highest BCUT2D eigenvalue weighted by Crippen LogP contribution is 2.17. The number of carbonyl (C=O) groups excluding carboxylic acids is 1. The van der Waals surface area contributed by atoms with Crippen molar-refractivity contribution in [1.82, 2.24) is 0 Å². The van der Waals surface area contributed by atoms with E-state index >= 15 is 0 Å². The molecule has 0 amide bonds. The van der Waals surface area contributed by atoms with Crippen LogP contribution in [0, 0.1) is 5.82 Å². The maximum absolute atomic E-state index is 12.9. The molecular weight excluding hydrogens is 335 g/mol. The Morgan fingerprint density at radius 2 is 1.77 bits per heavy atom. The normalized spacial score (nSPS) is 12.1. The van der Waals surface area contributed by atoms with Gasteiger partial charge in [0.2, 0.25) is 0 Å². The minimum absolute atomic E-state index is 0.226. The second-order valence-electron chi connectivity index (χ2n) is 5.86. The molecule has 0 saturated carbocycles. The summed E-state index contributed by atoms with van der Waals surface area (Å²) < 4.78 is 18.4. The number of hydrogen-bond acceptors (Lipinski definition) is 3. The maximum Gasteiger partial charge on any atom is 0.344 e. The molecule has 4 nitrogen and oxygen atoms in total. The molecule has 0 aliphatic heterocycles. The number of carboxylic acids is 1. The van der Waals surface area contributed by atoms with Gasteiger partial charge in [-0.1, -0.05) is 31.6 Å².